The quantitative estimate of drug-likeness (QED) is 0.720. The van der Waals surface area contributed by atoms with Crippen molar-refractivity contribution >= 4 is 27.5 Å². The summed E-state index contributed by atoms with van der Waals surface area (Å²) in [6, 6.07) is 6.03. The van der Waals surface area contributed by atoms with E-state index >= 15 is 0 Å². The summed E-state index contributed by atoms with van der Waals surface area (Å²) in [5.74, 6) is 1.50. The van der Waals surface area contributed by atoms with E-state index in [0.29, 0.717) is 5.92 Å². The normalized spacial score (nSPS) is 18.7. The number of ether oxygens (including phenoxy) is 1. The van der Waals surface area contributed by atoms with E-state index in [2.05, 4.69) is 22.0 Å². The maximum Gasteiger partial charge on any atom is 0.120 e. The fourth-order valence-electron chi connectivity index (χ4n) is 2.36. The molecule has 2 rings (SSSR count). The summed E-state index contributed by atoms with van der Waals surface area (Å²) in [6.07, 6.45) is 5.16. The fourth-order valence-corrected chi connectivity index (χ4v) is 3.54. The second-order valence-corrected chi connectivity index (χ2v) is 5.66. The highest BCUT2D eigenvalue weighted by atomic mass is 79.9. The van der Waals surface area contributed by atoms with E-state index in [4.69, 9.17) is 16.3 Å². The molecule has 88 valence electrons. The van der Waals surface area contributed by atoms with Gasteiger partial charge >= 0.3 is 0 Å². The summed E-state index contributed by atoms with van der Waals surface area (Å²) in [7, 11) is 1.68. The van der Waals surface area contributed by atoms with Crippen LogP contribution < -0.4 is 4.74 Å². The van der Waals surface area contributed by atoms with Gasteiger partial charge in [-0.3, -0.25) is 0 Å². The Hall–Kier alpha value is -0.210. The van der Waals surface area contributed by atoms with Crippen LogP contribution in [0, 0.1) is 5.92 Å². The zero-order valence-corrected chi connectivity index (χ0v) is 11.7. The third kappa shape index (κ3) is 2.54. The van der Waals surface area contributed by atoms with Gasteiger partial charge in [0.1, 0.15) is 5.75 Å². The molecule has 0 saturated heterocycles. The Kier molecular flexibility index (Phi) is 4.15. The molecule has 0 bridgehead atoms. The van der Waals surface area contributed by atoms with Gasteiger partial charge in [0.05, 0.1) is 12.5 Å². The molecule has 0 heterocycles. The molecular weight excluding hydrogens is 287 g/mol. The van der Waals surface area contributed by atoms with Gasteiger partial charge in [0.25, 0.3) is 0 Å². The molecular formula is C13H16BrClO. The van der Waals surface area contributed by atoms with Gasteiger partial charge in [-0.25, -0.2) is 0 Å². The lowest BCUT2D eigenvalue weighted by Crippen LogP contribution is -2.04. The topological polar surface area (TPSA) is 9.23 Å². The smallest absolute Gasteiger partial charge is 0.120 e. The first-order valence-corrected chi connectivity index (χ1v) is 6.93. The van der Waals surface area contributed by atoms with Crippen LogP contribution in [0.4, 0.5) is 0 Å². The predicted molar refractivity (Wildman–Crippen MR) is 71.2 cm³/mol. The molecule has 1 saturated carbocycles. The molecule has 0 N–H and O–H groups in total. The van der Waals surface area contributed by atoms with Crippen LogP contribution in [0.3, 0.4) is 0 Å². The first kappa shape index (κ1) is 12.3. The number of halogens is 2. The monoisotopic (exact) mass is 302 g/mol. The number of hydrogen-bond acceptors (Lipinski definition) is 1. The average molecular weight is 304 g/mol. The summed E-state index contributed by atoms with van der Waals surface area (Å²) in [4.78, 5) is 0. The van der Waals surface area contributed by atoms with E-state index in [0.717, 1.165) is 10.2 Å². The van der Waals surface area contributed by atoms with Gasteiger partial charge in [0, 0.05) is 4.47 Å². The molecule has 1 aliphatic carbocycles. The number of methoxy groups -OCH3 is 1. The summed E-state index contributed by atoms with van der Waals surface area (Å²) in [5, 5.41) is 0.128. The standard InChI is InChI=1S/C13H16BrClO/c1-16-10-6-7-11(12(14)8-10)13(15)9-4-2-3-5-9/h6-9,13H,2-5H2,1H3. The number of rotatable bonds is 3. The van der Waals surface area contributed by atoms with Crippen molar-refractivity contribution in [3.05, 3.63) is 28.2 Å². The maximum atomic E-state index is 6.54. The lowest BCUT2D eigenvalue weighted by atomic mass is 9.97. The minimum atomic E-state index is 0.128. The van der Waals surface area contributed by atoms with Crippen molar-refractivity contribution in [2.75, 3.05) is 7.11 Å². The second-order valence-electron chi connectivity index (χ2n) is 4.33. The maximum absolute atomic E-state index is 6.54. The van der Waals surface area contributed by atoms with Crippen LogP contribution in [0.1, 0.15) is 36.6 Å². The second kappa shape index (κ2) is 5.42. The Morgan fingerprint density at radius 1 is 1.38 bits per heavy atom. The van der Waals surface area contributed by atoms with E-state index in [9.17, 15) is 0 Å². The summed E-state index contributed by atoms with van der Waals surface area (Å²) < 4.78 is 6.24. The van der Waals surface area contributed by atoms with Crippen molar-refractivity contribution in [3.8, 4) is 5.75 Å². The van der Waals surface area contributed by atoms with E-state index in [1.807, 2.05) is 12.1 Å². The summed E-state index contributed by atoms with van der Waals surface area (Å²) >= 11 is 10.1. The molecule has 0 radical (unpaired) electrons. The zero-order valence-electron chi connectivity index (χ0n) is 9.38. The Labute approximate surface area is 110 Å². The van der Waals surface area contributed by atoms with Gasteiger partial charge in [-0.05, 0) is 36.5 Å². The molecule has 16 heavy (non-hydrogen) atoms. The molecule has 0 amide bonds. The Bertz CT molecular complexity index is 361. The predicted octanol–water partition coefficient (Wildman–Crippen LogP) is 4.93. The van der Waals surface area contributed by atoms with Crippen molar-refractivity contribution in [2.24, 2.45) is 5.92 Å². The van der Waals surface area contributed by atoms with Crippen molar-refractivity contribution in [2.45, 2.75) is 31.1 Å². The van der Waals surface area contributed by atoms with Gasteiger partial charge in [-0.2, -0.15) is 0 Å². The number of hydrogen-bond donors (Lipinski definition) is 0. The Balaban J connectivity index is 2.19. The molecule has 0 spiro atoms. The highest BCUT2D eigenvalue weighted by Gasteiger charge is 2.25. The molecule has 1 aromatic carbocycles. The van der Waals surface area contributed by atoms with Gasteiger partial charge in [-0.1, -0.05) is 34.8 Å². The average Bonchev–Trinajstić information content (AvgIpc) is 2.81. The highest BCUT2D eigenvalue weighted by Crippen LogP contribution is 2.42. The molecule has 0 aliphatic heterocycles. The Morgan fingerprint density at radius 3 is 2.62 bits per heavy atom. The third-order valence-electron chi connectivity index (χ3n) is 3.32. The summed E-state index contributed by atoms with van der Waals surface area (Å²) in [5.41, 5.74) is 1.19. The van der Waals surface area contributed by atoms with Crippen LogP contribution in [0.25, 0.3) is 0 Å². The highest BCUT2D eigenvalue weighted by molar-refractivity contribution is 9.10. The van der Waals surface area contributed by atoms with Crippen molar-refractivity contribution in [1.82, 2.24) is 0 Å². The number of alkyl halides is 1. The van der Waals surface area contributed by atoms with Crippen LogP contribution in [0.2, 0.25) is 0 Å². The van der Waals surface area contributed by atoms with E-state index in [1.165, 1.54) is 31.2 Å². The van der Waals surface area contributed by atoms with Crippen LogP contribution in [0.5, 0.6) is 5.75 Å². The Morgan fingerprint density at radius 2 is 2.06 bits per heavy atom. The molecule has 3 heteroatoms. The van der Waals surface area contributed by atoms with Crippen LogP contribution >= 0.6 is 27.5 Å². The molecule has 0 aromatic heterocycles. The van der Waals surface area contributed by atoms with Gasteiger partial charge in [0.2, 0.25) is 0 Å². The van der Waals surface area contributed by atoms with E-state index in [-0.39, 0.29) is 5.38 Å². The minimum Gasteiger partial charge on any atom is -0.497 e. The van der Waals surface area contributed by atoms with Crippen LogP contribution in [-0.4, -0.2) is 7.11 Å². The molecule has 1 nitrogen and oxygen atoms in total. The molecule has 1 aliphatic rings. The minimum absolute atomic E-state index is 0.128. The zero-order chi connectivity index (χ0) is 11.5. The largest absolute Gasteiger partial charge is 0.497 e. The molecule has 1 atom stereocenters. The number of benzene rings is 1. The van der Waals surface area contributed by atoms with Crippen LogP contribution in [-0.2, 0) is 0 Å². The SMILES string of the molecule is COc1ccc(C(Cl)C2CCCC2)c(Br)c1. The van der Waals surface area contributed by atoms with Gasteiger partial charge < -0.3 is 4.74 Å². The van der Waals surface area contributed by atoms with Crippen LogP contribution in [0.15, 0.2) is 22.7 Å². The lowest BCUT2D eigenvalue weighted by Gasteiger charge is -2.18. The first-order valence-electron chi connectivity index (χ1n) is 5.70. The molecule has 1 fully saturated rings. The van der Waals surface area contributed by atoms with Crippen molar-refractivity contribution < 1.29 is 4.74 Å². The fraction of sp³-hybridized carbons (Fsp3) is 0.538. The summed E-state index contributed by atoms with van der Waals surface area (Å²) in [6.45, 7) is 0. The molecule has 1 unspecified atom stereocenters. The molecule has 1 aromatic rings. The third-order valence-corrected chi connectivity index (χ3v) is 4.60. The lowest BCUT2D eigenvalue weighted by molar-refractivity contribution is 0.414. The van der Waals surface area contributed by atoms with E-state index < -0.39 is 0 Å². The van der Waals surface area contributed by atoms with Gasteiger partial charge in [0.15, 0.2) is 0 Å². The first-order chi connectivity index (χ1) is 7.72. The van der Waals surface area contributed by atoms with Gasteiger partial charge in [-0.15, -0.1) is 11.6 Å². The van der Waals surface area contributed by atoms with Crippen molar-refractivity contribution in [3.63, 3.8) is 0 Å². The van der Waals surface area contributed by atoms with E-state index in [1.54, 1.807) is 7.11 Å². The van der Waals surface area contributed by atoms with Crippen molar-refractivity contribution in [1.29, 1.82) is 0 Å².